The lowest BCUT2D eigenvalue weighted by Crippen LogP contribution is -2.42. The molecule has 1 heterocycles. The van der Waals surface area contributed by atoms with Crippen LogP contribution in [0.2, 0.25) is 5.02 Å². The highest BCUT2D eigenvalue weighted by molar-refractivity contribution is 6.30. The molecule has 3 rings (SSSR count). The summed E-state index contributed by atoms with van der Waals surface area (Å²) in [5.41, 5.74) is 0.493. The van der Waals surface area contributed by atoms with E-state index in [1.54, 1.807) is 18.2 Å². The zero-order chi connectivity index (χ0) is 13.5. The van der Waals surface area contributed by atoms with Crippen LogP contribution in [0.4, 0.5) is 0 Å². The van der Waals surface area contributed by atoms with Crippen molar-refractivity contribution >= 4 is 17.6 Å². The van der Waals surface area contributed by atoms with Gasteiger partial charge in [-0.25, -0.2) is 0 Å². The third kappa shape index (κ3) is 1.92. The van der Waals surface area contributed by atoms with Crippen LogP contribution in [0.25, 0.3) is 11.3 Å². The van der Waals surface area contributed by atoms with Crippen molar-refractivity contribution < 1.29 is 14.4 Å². The SMILES string of the molecule is O=C(O)C1(c2cc(-c3ccc(Cl)cc3)on2)CCC1. The molecular formula is C14H12ClNO3. The van der Waals surface area contributed by atoms with Crippen LogP contribution in [-0.4, -0.2) is 16.2 Å². The molecule has 0 saturated heterocycles. The Morgan fingerprint density at radius 3 is 2.53 bits per heavy atom. The Bertz CT molecular complexity index is 614. The first-order chi connectivity index (χ1) is 9.12. The monoisotopic (exact) mass is 277 g/mol. The number of halogens is 1. The lowest BCUT2D eigenvalue weighted by atomic mass is 9.66. The molecule has 1 aliphatic rings. The summed E-state index contributed by atoms with van der Waals surface area (Å²) in [7, 11) is 0. The van der Waals surface area contributed by atoms with Gasteiger partial charge in [-0.05, 0) is 37.1 Å². The van der Waals surface area contributed by atoms with Gasteiger partial charge in [-0.2, -0.15) is 0 Å². The number of aromatic nitrogens is 1. The Balaban J connectivity index is 1.95. The van der Waals surface area contributed by atoms with Crippen LogP contribution in [-0.2, 0) is 10.2 Å². The molecule has 98 valence electrons. The van der Waals surface area contributed by atoms with E-state index in [0.717, 1.165) is 12.0 Å². The maximum atomic E-state index is 11.4. The Hall–Kier alpha value is -1.81. The van der Waals surface area contributed by atoms with E-state index in [1.807, 2.05) is 12.1 Å². The molecule has 0 aliphatic heterocycles. The van der Waals surface area contributed by atoms with E-state index in [4.69, 9.17) is 16.1 Å². The fourth-order valence-electron chi connectivity index (χ4n) is 2.36. The molecule has 5 heteroatoms. The van der Waals surface area contributed by atoms with Gasteiger partial charge in [0.2, 0.25) is 0 Å². The number of benzene rings is 1. The lowest BCUT2D eigenvalue weighted by Gasteiger charge is -2.35. The Morgan fingerprint density at radius 1 is 1.32 bits per heavy atom. The average molecular weight is 278 g/mol. The van der Waals surface area contributed by atoms with Crippen LogP contribution in [0.5, 0.6) is 0 Å². The Kier molecular flexibility index (Phi) is 2.82. The van der Waals surface area contributed by atoms with E-state index in [1.165, 1.54) is 0 Å². The van der Waals surface area contributed by atoms with Crippen LogP contribution >= 0.6 is 11.6 Å². The van der Waals surface area contributed by atoms with Gasteiger partial charge < -0.3 is 9.63 Å². The molecule has 1 saturated carbocycles. The number of carboxylic acids is 1. The van der Waals surface area contributed by atoms with Crippen LogP contribution in [0.15, 0.2) is 34.9 Å². The third-order valence-electron chi connectivity index (χ3n) is 3.75. The molecule has 2 aromatic rings. The predicted molar refractivity (Wildman–Crippen MR) is 70.1 cm³/mol. The number of rotatable bonds is 3. The van der Waals surface area contributed by atoms with E-state index in [2.05, 4.69) is 5.16 Å². The molecule has 1 aromatic carbocycles. The summed E-state index contributed by atoms with van der Waals surface area (Å²) in [6, 6.07) is 8.88. The largest absolute Gasteiger partial charge is 0.481 e. The third-order valence-corrected chi connectivity index (χ3v) is 4.00. The summed E-state index contributed by atoms with van der Waals surface area (Å²) in [5.74, 6) is -0.256. The molecule has 0 spiro atoms. The minimum Gasteiger partial charge on any atom is -0.481 e. The van der Waals surface area contributed by atoms with Gasteiger partial charge in [-0.15, -0.1) is 0 Å². The number of aliphatic carboxylic acids is 1. The van der Waals surface area contributed by atoms with Crippen molar-refractivity contribution in [1.82, 2.24) is 5.16 Å². The molecule has 19 heavy (non-hydrogen) atoms. The fourth-order valence-corrected chi connectivity index (χ4v) is 2.49. The van der Waals surface area contributed by atoms with Gasteiger partial charge in [0.25, 0.3) is 0 Å². The number of nitrogens with zero attached hydrogens (tertiary/aromatic N) is 1. The van der Waals surface area contributed by atoms with Gasteiger partial charge in [0.15, 0.2) is 5.76 Å². The van der Waals surface area contributed by atoms with E-state index in [0.29, 0.717) is 29.3 Å². The first-order valence-corrected chi connectivity index (χ1v) is 6.46. The van der Waals surface area contributed by atoms with Crippen molar-refractivity contribution in [3.63, 3.8) is 0 Å². The highest BCUT2D eigenvalue weighted by Crippen LogP contribution is 2.44. The van der Waals surface area contributed by atoms with Gasteiger partial charge in [0, 0.05) is 16.7 Å². The van der Waals surface area contributed by atoms with Gasteiger partial charge in [0.1, 0.15) is 11.1 Å². The van der Waals surface area contributed by atoms with Crippen LogP contribution < -0.4 is 0 Å². The maximum absolute atomic E-state index is 11.4. The number of hydrogen-bond donors (Lipinski definition) is 1. The van der Waals surface area contributed by atoms with Gasteiger partial charge in [-0.1, -0.05) is 23.2 Å². The number of hydrogen-bond acceptors (Lipinski definition) is 3. The van der Waals surface area contributed by atoms with Gasteiger partial charge >= 0.3 is 5.97 Å². The van der Waals surface area contributed by atoms with Gasteiger partial charge in [0.05, 0.1) is 0 Å². The summed E-state index contributed by atoms with van der Waals surface area (Å²) in [6.07, 6.45) is 2.15. The number of carbonyl (C=O) groups is 1. The van der Waals surface area contributed by atoms with Crippen molar-refractivity contribution in [1.29, 1.82) is 0 Å². The van der Waals surface area contributed by atoms with E-state index in [-0.39, 0.29) is 0 Å². The van der Waals surface area contributed by atoms with E-state index in [9.17, 15) is 9.90 Å². The molecular weight excluding hydrogens is 266 g/mol. The first kappa shape index (κ1) is 12.2. The second kappa shape index (κ2) is 4.38. The normalized spacial score (nSPS) is 16.9. The molecule has 0 atom stereocenters. The van der Waals surface area contributed by atoms with E-state index >= 15 is 0 Å². The lowest BCUT2D eigenvalue weighted by molar-refractivity contribution is -0.147. The quantitative estimate of drug-likeness (QED) is 0.932. The Morgan fingerprint density at radius 2 is 2.00 bits per heavy atom. The number of carboxylic acid groups (broad SMARTS) is 1. The summed E-state index contributed by atoms with van der Waals surface area (Å²) < 4.78 is 5.27. The Labute approximate surface area is 115 Å². The molecule has 1 aromatic heterocycles. The minimum absolute atomic E-state index is 0.510. The summed E-state index contributed by atoms with van der Waals surface area (Å²) in [5, 5.41) is 13.9. The molecule has 1 N–H and O–H groups in total. The topological polar surface area (TPSA) is 63.3 Å². The molecule has 0 unspecified atom stereocenters. The predicted octanol–water partition coefficient (Wildman–Crippen LogP) is 3.50. The van der Waals surface area contributed by atoms with Crippen LogP contribution in [0.1, 0.15) is 25.0 Å². The maximum Gasteiger partial charge on any atom is 0.315 e. The molecule has 0 amide bonds. The smallest absolute Gasteiger partial charge is 0.315 e. The zero-order valence-electron chi connectivity index (χ0n) is 10.1. The molecule has 4 nitrogen and oxygen atoms in total. The van der Waals surface area contributed by atoms with Crippen LogP contribution in [0, 0.1) is 0 Å². The average Bonchev–Trinajstić information content (AvgIpc) is 2.77. The summed E-state index contributed by atoms with van der Waals surface area (Å²) in [6.45, 7) is 0. The van der Waals surface area contributed by atoms with Gasteiger partial charge in [-0.3, -0.25) is 4.79 Å². The van der Waals surface area contributed by atoms with Crippen LogP contribution in [0.3, 0.4) is 0 Å². The minimum atomic E-state index is -0.853. The molecule has 0 bridgehead atoms. The summed E-state index contributed by atoms with van der Waals surface area (Å²) >= 11 is 5.83. The molecule has 0 radical (unpaired) electrons. The molecule has 1 aliphatic carbocycles. The van der Waals surface area contributed by atoms with Crippen molar-refractivity contribution in [2.24, 2.45) is 0 Å². The van der Waals surface area contributed by atoms with E-state index < -0.39 is 11.4 Å². The standard InChI is InChI=1S/C14H12ClNO3/c15-10-4-2-9(3-5-10)11-8-12(16-19-11)14(13(17)18)6-1-7-14/h2-5,8H,1,6-7H2,(H,17,18). The van der Waals surface area contributed by atoms with Crippen molar-refractivity contribution in [3.05, 3.63) is 41.0 Å². The van der Waals surface area contributed by atoms with Crippen molar-refractivity contribution in [3.8, 4) is 11.3 Å². The molecule has 1 fully saturated rings. The van der Waals surface area contributed by atoms with Crippen molar-refractivity contribution in [2.45, 2.75) is 24.7 Å². The zero-order valence-corrected chi connectivity index (χ0v) is 10.9. The second-order valence-electron chi connectivity index (χ2n) is 4.82. The second-order valence-corrected chi connectivity index (χ2v) is 5.26. The van der Waals surface area contributed by atoms with Crippen molar-refractivity contribution in [2.75, 3.05) is 0 Å². The highest BCUT2D eigenvalue weighted by Gasteiger charge is 2.48. The summed E-state index contributed by atoms with van der Waals surface area (Å²) in [4.78, 5) is 11.4. The highest BCUT2D eigenvalue weighted by atomic mass is 35.5. The first-order valence-electron chi connectivity index (χ1n) is 6.08. The fraction of sp³-hybridized carbons (Fsp3) is 0.286.